The van der Waals surface area contributed by atoms with E-state index in [4.69, 9.17) is 0 Å². The lowest BCUT2D eigenvalue weighted by molar-refractivity contribution is 0.103. The summed E-state index contributed by atoms with van der Waals surface area (Å²) < 4.78 is 4.34. The van der Waals surface area contributed by atoms with Crippen molar-refractivity contribution >= 4 is 77.9 Å². The van der Waals surface area contributed by atoms with Gasteiger partial charge in [0.1, 0.15) is 0 Å². The number of aromatic nitrogens is 2. The van der Waals surface area contributed by atoms with E-state index in [2.05, 4.69) is 81.3 Å². The first-order valence-corrected chi connectivity index (χ1v) is 23.4. The molecule has 3 heterocycles. The van der Waals surface area contributed by atoms with Gasteiger partial charge >= 0.3 is 0 Å². The average Bonchev–Trinajstić information content (AvgIpc) is 3.96. The second-order valence-corrected chi connectivity index (χ2v) is 17.6. The second-order valence-electron chi connectivity index (χ2n) is 17.6. The number of para-hydroxylation sites is 5. The number of carbonyl (C=O) groups excluding carboxylic acids is 3. The van der Waals surface area contributed by atoms with Crippen LogP contribution in [-0.4, -0.2) is 33.0 Å². The highest BCUT2D eigenvalue weighted by Crippen LogP contribution is 2.36. The van der Waals surface area contributed by atoms with Gasteiger partial charge in [0.15, 0.2) is 17.3 Å². The first-order valence-electron chi connectivity index (χ1n) is 23.4. The molecule has 0 N–H and O–H groups in total. The summed E-state index contributed by atoms with van der Waals surface area (Å²) in [7, 11) is 0. The molecule has 0 aliphatic carbocycles. The van der Waals surface area contributed by atoms with Crippen molar-refractivity contribution in [2.24, 2.45) is 0 Å². The molecule has 12 rings (SSSR count). The molecular formula is C64H43N3O3. The quantitative estimate of drug-likeness (QED) is 0.135. The van der Waals surface area contributed by atoms with Gasteiger partial charge in [0.25, 0.3) is 0 Å². The molecule has 0 saturated heterocycles. The van der Waals surface area contributed by atoms with Gasteiger partial charge in [-0.25, -0.2) is 0 Å². The summed E-state index contributed by atoms with van der Waals surface area (Å²) in [6.07, 6.45) is 8.04. The van der Waals surface area contributed by atoms with Crippen LogP contribution in [0.3, 0.4) is 0 Å². The summed E-state index contributed by atoms with van der Waals surface area (Å²) in [4.78, 5) is 47.2. The van der Waals surface area contributed by atoms with Crippen LogP contribution in [0.4, 0.5) is 11.4 Å². The minimum atomic E-state index is -0.317. The number of hydrogen-bond donors (Lipinski definition) is 0. The molecule has 1 aliphatic heterocycles. The molecule has 11 aromatic rings. The Balaban J connectivity index is 0.972. The third kappa shape index (κ3) is 7.27. The molecular weight excluding hydrogens is 859 g/mol. The molecule has 0 spiro atoms. The van der Waals surface area contributed by atoms with E-state index in [0.717, 1.165) is 77.5 Å². The Morgan fingerprint density at radius 3 is 1.21 bits per heavy atom. The Kier molecular flexibility index (Phi) is 10.4. The second kappa shape index (κ2) is 17.4. The topological polar surface area (TPSA) is 64.3 Å². The number of anilines is 2. The van der Waals surface area contributed by atoms with Crippen LogP contribution in [0.2, 0.25) is 0 Å². The Labute approximate surface area is 404 Å². The number of fused-ring (bicyclic) bond motifs is 7. The van der Waals surface area contributed by atoms with Crippen LogP contribution in [0.5, 0.6) is 0 Å². The fourth-order valence-electron chi connectivity index (χ4n) is 10.1. The normalized spacial score (nSPS) is 13.5. The van der Waals surface area contributed by atoms with Crippen LogP contribution < -0.4 is 4.90 Å². The molecule has 0 saturated carbocycles. The SMILES string of the molecule is C=C1/C=C\C=C/CN(c2cccc(C(=O)c3cc(C(=O)c4cccc(-n5c6ccccc6c6ccccc65)c4)cc(C(=O)c4cccc(-n5c6ccccc6c6ccccc65)c4)c3)c2)c2ccccc21. The minimum absolute atomic E-state index is 0.228. The number of benzene rings is 9. The Morgan fingerprint density at radius 1 is 0.371 bits per heavy atom. The molecule has 70 heavy (non-hydrogen) atoms. The lowest BCUT2D eigenvalue weighted by Crippen LogP contribution is -2.18. The van der Waals surface area contributed by atoms with Crippen molar-refractivity contribution in [3.05, 3.63) is 282 Å². The Morgan fingerprint density at radius 2 is 0.757 bits per heavy atom. The predicted molar refractivity (Wildman–Crippen MR) is 286 cm³/mol. The minimum Gasteiger partial charge on any atom is -0.337 e. The molecule has 0 bridgehead atoms. The third-order valence-electron chi connectivity index (χ3n) is 13.4. The zero-order valence-corrected chi connectivity index (χ0v) is 38.0. The highest BCUT2D eigenvalue weighted by atomic mass is 16.1. The lowest BCUT2D eigenvalue weighted by atomic mass is 9.92. The first kappa shape index (κ1) is 42.0. The van der Waals surface area contributed by atoms with Crippen molar-refractivity contribution in [3.63, 3.8) is 0 Å². The number of nitrogens with zero attached hydrogens (tertiary/aromatic N) is 3. The van der Waals surface area contributed by atoms with E-state index in [9.17, 15) is 0 Å². The van der Waals surface area contributed by atoms with Gasteiger partial charge in [-0.1, -0.05) is 158 Å². The molecule has 0 radical (unpaired) electrons. The van der Waals surface area contributed by atoms with Crippen LogP contribution in [0, 0.1) is 0 Å². The highest BCUT2D eigenvalue weighted by Gasteiger charge is 2.23. The number of allylic oxidation sites excluding steroid dienone is 4. The van der Waals surface area contributed by atoms with Gasteiger partial charge in [-0.2, -0.15) is 0 Å². The largest absolute Gasteiger partial charge is 0.337 e. The maximum absolute atomic E-state index is 15.0. The summed E-state index contributed by atoms with van der Waals surface area (Å²) in [5.74, 6) is -0.941. The number of hydrogen-bond acceptors (Lipinski definition) is 4. The summed E-state index contributed by atoms with van der Waals surface area (Å²) in [5.41, 5.74) is 11.3. The van der Waals surface area contributed by atoms with Crippen LogP contribution in [0.25, 0.3) is 60.6 Å². The summed E-state index contributed by atoms with van der Waals surface area (Å²) in [5, 5.41) is 4.45. The number of carbonyl (C=O) groups is 3. The van der Waals surface area contributed by atoms with E-state index >= 15 is 14.4 Å². The average molecular weight is 902 g/mol. The number of rotatable bonds is 9. The third-order valence-corrected chi connectivity index (χ3v) is 13.4. The van der Waals surface area contributed by atoms with Gasteiger partial charge in [0, 0.05) is 89.8 Å². The number of ketones is 3. The van der Waals surface area contributed by atoms with Crippen molar-refractivity contribution in [2.75, 3.05) is 11.4 Å². The maximum Gasteiger partial charge on any atom is 0.193 e. The smallest absolute Gasteiger partial charge is 0.193 e. The van der Waals surface area contributed by atoms with E-state index in [-0.39, 0.29) is 34.0 Å². The molecule has 0 amide bonds. The van der Waals surface area contributed by atoms with Crippen molar-refractivity contribution in [1.29, 1.82) is 0 Å². The van der Waals surface area contributed by atoms with E-state index in [1.807, 2.05) is 140 Å². The van der Waals surface area contributed by atoms with E-state index in [1.165, 1.54) is 0 Å². The van der Waals surface area contributed by atoms with Crippen LogP contribution in [0.1, 0.15) is 53.3 Å². The molecule has 6 heteroatoms. The van der Waals surface area contributed by atoms with Crippen molar-refractivity contribution in [2.45, 2.75) is 0 Å². The van der Waals surface area contributed by atoms with E-state index in [0.29, 0.717) is 23.2 Å². The molecule has 0 atom stereocenters. The van der Waals surface area contributed by atoms with Gasteiger partial charge in [0.05, 0.1) is 22.1 Å². The first-order chi connectivity index (χ1) is 34.4. The summed E-state index contributed by atoms with van der Waals surface area (Å²) in [6, 6.07) is 68.6. The molecule has 6 nitrogen and oxygen atoms in total. The molecule has 2 aromatic heterocycles. The molecule has 332 valence electrons. The van der Waals surface area contributed by atoms with Crippen LogP contribution in [0.15, 0.2) is 243 Å². The van der Waals surface area contributed by atoms with E-state index < -0.39 is 0 Å². The van der Waals surface area contributed by atoms with Crippen molar-refractivity contribution in [1.82, 2.24) is 9.13 Å². The van der Waals surface area contributed by atoms with E-state index in [1.54, 1.807) is 36.4 Å². The molecule has 0 unspecified atom stereocenters. The maximum atomic E-state index is 15.0. The van der Waals surface area contributed by atoms with Crippen molar-refractivity contribution in [3.8, 4) is 11.4 Å². The highest BCUT2D eigenvalue weighted by molar-refractivity contribution is 6.18. The van der Waals surface area contributed by atoms with Crippen molar-refractivity contribution < 1.29 is 14.4 Å². The Bertz CT molecular complexity index is 3740. The van der Waals surface area contributed by atoms with Crippen LogP contribution >= 0.6 is 0 Å². The Hall–Kier alpha value is -9.39. The monoisotopic (exact) mass is 901 g/mol. The molecule has 0 fully saturated rings. The standard InChI is InChI=1S/C64H43N3O3/c1-42-18-3-2-14-35-65(57-30-9-4-25-52(42)57)49-22-15-19-43(39-49)62(68)46-36-47(63(69)44-20-16-23-50(40-44)66-58-31-10-5-26-53(58)54-27-6-11-32-59(54)66)38-48(37-46)64(70)45-21-17-24-51(41-45)67-60-33-12-7-28-55(60)56-29-8-13-34-61(56)67/h2-34,36-41H,1,35H2/b14-2-,18-3-. The predicted octanol–water partition coefficient (Wildman–Crippen LogP) is 14.9. The zero-order chi connectivity index (χ0) is 47.3. The fraction of sp³-hybridized carbons (Fsp3) is 0.0156. The molecule has 9 aromatic carbocycles. The lowest BCUT2D eigenvalue weighted by Gasteiger charge is -2.26. The fourth-order valence-corrected chi connectivity index (χ4v) is 10.1. The van der Waals surface area contributed by atoms with Gasteiger partial charge in [-0.05, 0) is 90.5 Å². The van der Waals surface area contributed by atoms with Gasteiger partial charge < -0.3 is 14.0 Å². The summed E-state index contributed by atoms with van der Waals surface area (Å²) in [6.45, 7) is 4.88. The zero-order valence-electron chi connectivity index (χ0n) is 38.0. The molecule has 1 aliphatic rings. The van der Waals surface area contributed by atoms with Crippen LogP contribution in [-0.2, 0) is 0 Å². The summed E-state index contributed by atoms with van der Waals surface area (Å²) >= 11 is 0. The van der Waals surface area contributed by atoms with Gasteiger partial charge in [0.2, 0.25) is 0 Å². The van der Waals surface area contributed by atoms with Gasteiger partial charge in [-0.3, -0.25) is 14.4 Å². The van der Waals surface area contributed by atoms with Gasteiger partial charge in [-0.15, -0.1) is 0 Å².